The van der Waals surface area contributed by atoms with E-state index < -0.39 is 5.97 Å². The Labute approximate surface area is 68.6 Å². The lowest BCUT2D eigenvalue weighted by atomic mass is 10.3. The first-order valence-corrected chi connectivity index (χ1v) is 3.34. The van der Waals surface area contributed by atoms with Gasteiger partial charge in [0.15, 0.2) is 5.69 Å². The molecule has 3 nitrogen and oxygen atoms in total. The Balaban J connectivity index is 3.20. The van der Waals surface area contributed by atoms with E-state index in [1.807, 2.05) is 0 Å². The molecular weight excluding hydrogens is 166 g/mol. The van der Waals surface area contributed by atoms with E-state index in [4.69, 9.17) is 16.7 Å². The molecule has 0 aliphatic carbocycles. The maximum Gasteiger partial charge on any atom is 0.356 e. The standard InChI is InChI=1S/C7H6ClNO2/c1-4-2-5(8)6(7(10)11)9-3-4/h2-3H,1H3,(H,10,11). The molecule has 0 amide bonds. The minimum atomic E-state index is -1.10. The van der Waals surface area contributed by atoms with E-state index in [0.717, 1.165) is 5.56 Å². The van der Waals surface area contributed by atoms with Gasteiger partial charge >= 0.3 is 5.97 Å². The van der Waals surface area contributed by atoms with Gasteiger partial charge < -0.3 is 5.11 Å². The number of carbonyl (C=O) groups is 1. The lowest BCUT2D eigenvalue weighted by Crippen LogP contribution is -2.00. The second kappa shape index (κ2) is 2.88. The normalized spacial score (nSPS) is 9.64. The van der Waals surface area contributed by atoms with Gasteiger partial charge in [-0.1, -0.05) is 11.6 Å². The summed E-state index contributed by atoms with van der Waals surface area (Å²) in [6.45, 7) is 1.80. The van der Waals surface area contributed by atoms with Gasteiger partial charge in [-0.2, -0.15) is 0 Å². The number of pyridine rings is 1. The molecule has 11 heavy (non-hydrogen) atoms. The molecule has 1 N–H and O–H groups in total. The van der Waals surface area contributed by atoms with E-state index in [0.29, 0.717) is 0 Å². The summed E-state index contributed by atoms with van der Waals surface area (Å²) in [7, 11) is 0. The van der Waals surface area contributed by atoms with Crippen LogP contribution in [-0.2, 0) is 0 Å². The third kappa shape index (κ3) is 1.68. The summed E-state index contributed by atoms with van der Waals surface area (Å²) in [5.74, 6) is -1.10. The zero-order valence-electron chi connectivity index (χ0n) is 5.84. The van der Waals surface area contributed by atoms with E-state index in [1.165, 1.54) is 6.20 Å². The van der Waals surface area contributed by atoms with Crippen molar-refractivity contribution in [3.63, 3.8) is 0 Å². The molecule has 4 heteroatoms. The lowest BCUT2D eigenvalue weighted by Gasteiger charge is -1.97. The molecule has 58 valence electrons. The van der Waals surface area contributed by atoms with Crippen molar-refractivity contribution in [3.8, 4) is 0 Å². The van der Waals surface area contributed by atoms with Crippen molar-refractivity contribution in [1.82, 2.24) is 4.98 Å². The predicted molar refractivity (Wildman–Crippen MR) is 40.9 cm³/mol. The van der Waals surface area contributed by atoms with Crippen LogP contribution in [0.1, 0.15) is 16.1 Å². The minimum absolute atomic E-state index is 0.0998. The fraction of sp³-hybridized carbons (Fsp3) is 0.143. The van der Waals surface area contributed by atoms with Crippen LogP contribution in [0.5, 0.6) is 0 Å². The summed E-state index contributed by atoms with van der Waals surface area (Å²) in [5.41, 5.74) is 0.747. The van der Waals surface area contributed by atoms with Crippen LogP contribution in [0, 0.1) is 6.92 Å². The Hall–Kier alpha value is -1.09. The molecular formula is C7H6ClNO2. The Bertz CT molecular complexity index is 298. The summed E-state index contributed by atoms with van der Waals surface area (Å²) in [5, 5.41) is 8.69. The molecule has 0 spiro atoms. The highest BCUT2D eigenvalue weighted by atomic mass is 35.5. The van der Waals surface area contributed by atoms with Gasteiger partial charge in [0.1, 0.15) is 0 Å². The van der Waals surface area contributed by atoms with Crippen molar-refractivity contribution >= 4 is 17.6 Å². The van der Waals surface area contributed by atoms with Crippen LogP contribution in [0.4, 0.5) is 0 Å². The first-order valence-electron chi connectivity index (χ1n) is 2.96. The number of carboxylic acid groups (broad SMARTS) is 1. The summed E-state index contributed by atoms with van der Waals surface area (Å²) >= 11 is 5.58. The Kier molecular flexibility index (Phi) is 2.10. The molecule has 0 atom stereocenters. The Morgan fingerprint density at radius 2 is 2.36 bits per heavy atom. The molecule has 0 aromatic carbocycles. The largest absolute Gasteiger partial charge is 0.476 e. The molecule has 1 aromatic heterocycles. The van der Waals surface area contributed by atoms with Crippen LogP contribution in [0.2, 0.25) is 5.02 Å². The fourth-order valence-electron chi connectivity index (χ4n) is 0.691. The molecule has 0 radical (unpaired) electrons. The highest BCUT2D eigenvalue weighted by Gasteiger charge is 2.08. The second-order valence-electron chi connectivity index (χ2n) is 2.15. The molecule has 1 rings (SSSR count). The number of halogens is 1. The summed E-state index contributed by atoms with van der Waals surface area (Å²) in [4.78, 5) is 14.0. The average Bonchev–Trinajstić information content (AvgIpc) is 1.85. The van der Waals surface area contributed by atoms with Crippen LogP contribution in [-0.4, -0.2) is 16.1 Å². The number of aryl methyl sites for hydroxylation is 1. The van der Waals surface area contributed by atoms with Crippen molar-refractivity contribution < 1.29 is 9.90 Å². The van der Waals surface area contributed by atoms with Crippen LogP contribution in [0.15, 0.2) is 12.3 Å². The van der Waals surface area contributed by atoms with Gasteiger partial charge in [-0.3, -0.25) is 0 Å². The van der Waals surface area contributed by atoms with Crippen molar-refractivity contribution in [1.29, 1.82) is 0 Å². The van der Waals surface area contributed by atoms with Crippen LogP contribution < -0.4 is 0 Å². The molecule has 0 fully saturated rings. The zero-order chi connectivity index (χ0) is 8.43. The van der Waals surface area contributed by atoms with Crippen molar-refractivity contribution in [2.24, 2.45) is 0 Å². The van der Waals surface area contributed by atoms with Crippen molar-refractivity contribution in [3.05, 3.63) is 28.5 Å². The first-order chi connectivity index (χ1) is 5.11. The Morgan fingerprint density at radius 1 is 1.73 bits per heavy atom. The second-order valence-corrected chi connectivity index (χ2v) is 2.56. The SMILES string of the molecule is Cc1cnc(C(=O)O)c(Cl)c1. The molecule has 0 unspecified atom stereocenters. The minimum Gasteiger partial charge on any atom is -0.476 e. The van der Waals surface area contributed by atoms with Crippen LogP contribution >= 0.6 is 11.6 Å². The van der Waals surface area contributed by atoms with Gasteiger partial charge in [-0.25, -0.2) is 9.78 Å². The molecule has 0 saturated carbocycles. The summed E-state index contributed by atoms with van der Waals surface area (Å²) in [6.07, 6.45) is 1.47. The van der Waals surface area contributed by atoms with Gasteiger partial charge in [0.2, 0.25) is 0 Å². The number of hydrogen-bond acceptors (Lipinski definition) is 2. The highest BCUT2D eigenvalue weighted by molar-refractivity contribution is 6.33. The van der Waals surface area contributed by atoms with Gasteiger partial charge in [-0.15, -0.1) is 0 Å². The number of rotatable bonds is 1. The van der Waals surface area contributed by atoms with Gasteiger partial charge in [0.05, 0.1) is 5.02 Å². The monoisotopic (exact) mass is 171 g/mol. The molecule has 1 aromatic rings. The number of aromatic carboxylic acids is 1. The highest BCUT2D eigenvalue weighted by Crippen LogP contribution is 2.14. The molecule has 0 saturated heterocycles. The molecule has 0 aliphatic heterocycles. The van der Waals surface area contributed by atoms with Crippen LogP contribution in [0.3, 0.4) is 0 Å². The first kappa shape index (κ1) is 8.01. The predicted octanol–water partition coefficient (Wildman–Crippen LogP) is 1.74. The van der Waals surface area contributed by atoms with E-state index >= 15 is 0 Å². The zero-order valence-corrected chi connectivity index (χ0v) is 6.59. The lowest BCUT2D eigenvalue weighted by molar-refractivity contribution is 0.0690. The molecule has 0 aliphatic rings. The van der Waals surface area contributed by atoms with Crippen LogP contribution in [0.25, 0.3) is 0 Å². The third-order valence-electron chi connectivity index (χ3n) is 1.18. The topological polar surface area (TPSA) is 50.2 Å². The van der Waals surface area contributed by atoms with Gasteiger partial charge in [-0.05, 0) is 18.6 Å². The molecule has 1 heterocycles. The van der Waals surface area contributed by atoms with E-state index in [1.54, 1.807) is 13.0 Å². The fourth-order valence-corrected chi connectivity index (χ4v) is 0.993. The van der Waals surface area contributed by atoms with E-state index in [-0.39, 0.29) is 10.7 Å². The number of aromatic nitrogens is 1. The van der Waals surface area contributed by atoms with E-state index in [2.05, 4.69) is 4.98 Å². The number of hydrogen-bond donors (Lipinski definition) is 1. The quantitative estimate of drug-likeness (QED) is 0.700. The smallest absolute Gasteiger partial charge is 0.356 e. The maximum absolute atomic E-state index is 10.4. The van der Waals surface area contributed by atoms with Gasteiger partial charge in [0.25, 0.3) is 0 Å². The average molecular weight is 172 g/mol. The number of carboxylic acids is 1. The summed E-state index contributed by atoms with van der Waals surface area (Å²) < 4.78 is 0. The molecule has 0 bridgehead atoms. The Morgan fingerprint density at radius 3 is 2.82 bits per heavy atom. The van der Waals surface area contributed by atoms with E-state index in [9.17, 15) is 4.79 Å². The number of nitrogens with zero attached hydrogens (tertiary/aromatic N) is 1. The van der Waals surface area contributed by atoms with Crippen molar-refractivity contribution in [2.75, 3.05) is 0 Å². The van der Waals surface area contributed by atoms with Gasteiger partial charge in [0, 0.05) is 6.20 Å². The third-order valence-corrected chi connectivity index (χ3v) is 1.47. The summed E-state index contributed by atoms with van der Waals surface area (Å²) in [6, 6.07) is 1.57. The van der Waals surface area contributed by atoms with Crippen molar-refractivity contribution in [2.45, 2.75) is 6.92 Å². The maximum atomic E-state index is 10.4.